The second-order valence-electron chi connectivity index (χ2n) is 5.05. The number of hydrogen-bond donors (Lipinski definition) is 0. The Morgan fingerprint density at radius 1 is 1.35 bits per heavy atom. The number of benzene rings is 1. The zero-order valence-electron chi connectivity index (χ0n) is 11.3. The van der Waals surface area contributed by atoms with Gasteiger partial charge in [0.05, 0.1) is 7.11 Å². The molecule has 1 amide bonds. The molecule has 1 aromatic carbocycles. The maximum Gasteiger partial charge on any atom is 0.406 e. The number of fused-ring (bicyclic) bond motifs is 1. The van der Waals surface area contributed by atoms with Gasteiger partial charge in [-0.15, -0.1) is 0 Å². The Balaban J connectivity index is 2.33. The molecule has 0 fully saturated rings. The van der Waals surface area contributed by atoms with E-state index in [1.807, 2.05) is 6.07 Å². The largest absolute Gasteiger partial charge is 0.497 e. The summed E-state index contributed by atoms with van der Waals surface area (Å²) in [5.41, 5.74) is 1.61. The third-order valence-electron chi connectivity index (χ3n) is 3.40. The summed E-state index contributed by atoms with van der Waals surface area (Å²) in [4.78, 5) is 12.9. The van der Waals surface area contributed by atoms with Gasteiger partial charge in [-0.05, 0) is 29.7 Å². The van der Waals surface area contributed by atoms with Gasteiger partial charge in [-0.2, -0.15) is 13.2 Å². The lowest BCUT2D eigenvalue weighted by molar-refractivity contribution is -0.164. The molecule has 1 aliphatic heterocycles. The molecule has 0 saturated heterocycles. The van der Waals surface area contributed by atoms with Crippen molar-refractivity contribution >= 4 is 5.91 Å². The number of nitrogens with zero attached hydrogens (tertiary/aromatic N) is 1. The minimum atomic E-state index is -4.39. The van der Waals surface area contributed by atoms with Gasteiger partial charge < -0.3 is 9.64 Å². The van der Waals surface area contributed by atoms with Gasteiger partial charge >= 0.3 is 6.18 Å². The molecule has 2 rings (SSSR count). The van der Waals surface area contributed by atoms with Gasteiger partial charge in [0.2, 0.25) is 5.91 Å². The van der Waals surface area contributed by atoms with Crippen molar-refractivity contribution in [1.82, 2.24) is 4.90 Å². The van der Waals surface area contributed by atoms with Crippen molar-refractivity contribution in [3.8, 4) is 5.75 Å². The van der Waals surface area contributed by atoms with Crippen LogP contribution in [0.5, 0.6) is 5.75 Å². The lowest BCUT2D eigenvalue weighted by atomic mass is 9.98. The van der Waals surface area contributed by atoms with Crippen LogP contribution in [0.2, 0.25) is 0 Å². The fourth-order valence-corrected chi connectivity index (χ4v) is 2.44. The number of ether oxygens (including phenoxy) is 1. The monoisotopic (exact) mass is 287 g/mol. The molecule has 0 aliphatic carbocycles. The highest BCUT2D eigenvalue weighted by Crippen LogP contribution is 2.28. The van der Waals surface area contributed by atoms with Crippen LogP contribution in [0.3, 0.4) is 0 Å². The Labute approximate surface area is 115 Å². The van der Waals surface area contributed by atoms with E-state index in [0.717, 1.165) is 10.5 Å². The molecule has 0 spiro atoms. The third kappa shape index (κ3) is 3.23. The van der Waals surface area contributed by atoms with Crippen LogP contribution < -0.4 is 4.74 Å². The molecule has 0 N–H and O–H groups in total. The van der Waals surface area contributed by atoms with Crippen molar-refractivity contribution in [3.05, 3.63) is 29.3 Å². The number of hydrogen-bond acceptors (Lipinski definition) is 2. The SMILES string of the molecule is COc1ccc2c(c1)CN(CC(F)(F)F)C(=O)C(C)C2. The molecular formula is C14H16F3NO2. The van der Waals surface area contributed by atoms with E-state index < -0.39 is 24.5 Å². The van der Waals surface area contributed by atoms with E-state index in [4.69, 9.17) is 4.74 Å². The predicted molar refractivity (Wildman–Crippen MR) is 67.3 cm³/mol. The van der Waals surface area contributed by atoms with E-state index in [1.165, 1.54) is 7.11 Å². The maximum atomic E-state index is 12.6. The molecular weight excluding hydrogens is 271 g/mol. The van der Waals surface area contributed by atoms with Gasteiger partial charge in [-0.3, -0.25) is 4.79 Å². The fraction of sp³-hybridized carbons (Fsp3) is 0.500. The first-order valence-corrected chi connectivity index (χ1v) is 6.31. The molecule has 0 aromatic heterocycles. The van der Waals surface area contributed by atoms with Crippen LogP contribution in [0.4, 0.5) is 13.2 Å². The molecule has 110 valence electrons. The highest BCUT2D eigenvalue weighted by molar-refractivity contribution is 5.79. The van der Waals surface area contributed by atoms with E-state index in [0.29, 0.717) is 17.7 Å². The highest BCUT2D eigenvalue weighted by Gasteiger charge is 2.36. The first-order valence-electron chi connectivity index (χ1n) is 6.31. The van der Waals surface area contributed by atoms with E-state index >= 15 is 0 Å². The van der Waals surface area contributed by atoms with Crippen molar-refractivity contribution < 1.29 is 22.7 Å². The topological polar surface area (TPSA) is 29.5 Å². The second-order valence-corrected chi connectivity index (χ2v) is 5.05. The van der Waals surface area contributed by atoms with Crippen LogP contribution in [0.1, 0.15) is 18.1 Å². The molecule has 3 nitrogen and oxygen atoms in total. The number of rotatable bonds is 2. The van der Waals surface area contributed by atoms with Gasteiger partial charge in [0.25, 0.3) is 0 Å². The lowest BCUT2D eigenvalue weighted by Gasteiger charge is -2.24. The van der Waals surface area contributed by atoms with Gasteiger partial charge in [-0.25, -0.2) is 0 Å². The standard InChI is InChI=1S/C14H16F3NO2/c1-9-5-10-3-4-12(20-2)6-11(10)7-18(13(9)19)8-14(15,16)17/h3-4,6,9H,5,7-8H2,1-2H3. The van der Waals surface area contributed by atoms with Crippen LogP contribution in [0.15, 0.2) is 18.2 Å². The number of carbonyl (C=O) groups excluding carboxylic acids is 1. The second kappa shape index (κ2) is 5.34. The minimum Gasteiger partial charge on any atom is -0.497 e. The number of carbonyl (C=O) groups is 1. The summed E-state index contributed by atoms with van der Waals surface area (Å²) in [5, 5.41) is 0. The van der Waals surface area contributed by atoms with Gasteiger partial charge in [0.1, 0.15) is 12.3 Å². The smallest absolute Gasteiger partial charge is 0.406 e. The number of alkyl halides is 3. The van der Waals surface area contributed by atoms with Crippen LogP contribution in [-0.2, 0) is 17.8 Å². The van der Waals surface area contributed by atoms with E-state index in [9.17, 15) is 18.0 Å². The van der Waals surface area contributed by atoms with Gasteiger partial charge in [0.15, 0.2) is 0 Å². The molecule has 1 aromatic rings. The van der Waals surface area contributed by atoms with Gasteiger partial charge in [-0.1, -0.05) is 13.0 Å². The fourth-order valence-electron chi connectivity index (χ4n) is 2.44. The Kier molecular flexibility index (Phi) is 3.92. The van der Waals surface area contributed by atoms with Crippen LogP contribution in [-0.4, -0.2) is 30.6 Å². The molecule has 20 heavy (non-hydrogen) atoms. The Bertz CT molecular complexity index is 514. The molecule has 0 radical (unpaired) electrons. The Morgan fingerprint density at radius 3 is 2.65 bits per heavy atom. The van der Waals surface area contributed by atoms with Gasteiger partial charge in [0, 0.05) is 12.5 Å². The quantitative estimate of drug-likeness (QED) is 0.837. The summed E-state index contributed by atoms with van der Waals surface area (Å²) < 4.78 is 42.8. The van der Waals surface area contributed by atoms with Crippen LogP contribution in [0, 0.1) is 5.92 Å². The molecule has 0 bridgehead atoms. The summed E-state index contributed by atoms with van der Waals surface area (Å²) in [5.74, 6) is -0.331. The first-order chi connectivity index (χ1) is 9.30. The predicted octanol–water partition coefficient (Wildman–Crippen LogP) is 2.78. The summed E-state index contributed by atoms with van der Waals surface area (Å²) in [6, 6.07) is 5.27. The molecule has 0 saturated carbocycles. The highest BCUT2D eigenvalue weighted by atomic mass is 19.4. The number of amides is 1. The molecule has 1 heterocycles. The number of halogens is 3. The number of methoxy groups -OCH3 is 1. The van der Waals surface area contributed by atoms with Crippen molar-refractivity contribution in [3.63, 3.8) is 0 Å². The maximum absolute atomic E-state index is 12.6. The van der Waals surface area contributed by atoms with Crippen molar-refractivity contribution in [2.75, 3.05) is 13.7 Å². The zero-order valence-corrected chi connectivity index (χ0v) is 11.3. The molecule has 1 unspecified atom stereocenters. The zero-order chi connectivity index (χ0) is 14.9. The van der Waals surface area contributed by atoms with Crippen molar-refractivity contribution in [1.29, 1.82) is 0 Å². The van der Waals surface area contributed by atoms with Crippen LogP contribution >= 0.6 is 0 Å². The third-order valence-corrected chi connectivity index (χ3v) is 3.40. The van der Waals surface area contributed by atoms with E-state index in [1.54, 1.807) is 19.1 Å². The van der Waals surface area contributed by atoms with Crippen molar-refractivity contribution in [2.24, 2.45) is 5.92 Å². The average Bonchev–Trinajstić information content (AvgIpc) is 2.46. The molecule has 6 heteroatoms. The summed E-state index contributed by atoms with van der Waals surface area (Å²) in [6.45, 7) is 0.410. The van der Waals surface area contributed by atoms with E-state index in [-0.39, 0.29) is 6.54 Å². The van der Waals surface area contributed by atoms with E-state index in [2.05, 4.69) is 0 Å². The lowest BCUT2D eigenvalue weighted by Crippen LogP contribution is -2.40. The summed E-state index contributed by atoms with van der Waals surface area (Å²) in [7, 11) is 1.50. The Morgan fingerprint density at radius 2 is 2.05 bits per heavy atom. The first kappa shape index (κ1) is 14.7. The summed E-state index contributed by atoms with van der Waals surface area (Å²) in [6.07, 6.45) is -3.94. The van der Waals surface area contributed by atoms with Crippen LogP contribution in [0.25, 0.3) is 0 Å². The minimum absolute atomic E-state index is 0.0325. The normalized spacial score (nSPS) is 19.6. The summed E-state index contributed by atoms with van der Waals surface area (Å²) >= 11 is 0. The molecule has 1 aliphatic rings. The average molecular weight is 287 g/mol. The molecule has 1 atom stereocenters. The Hall–Kier alpha value is -1.72. The van der Waals surface area contributed by atoms with Crippen molar-refractivity contribution in [2.45, 2.75) is 26.1 Å².